The lowest BCUT2D eigenvalue weighted by atomic mass is 9.84. The van der Waals surface area contributed by atoms with E-state index in [1.54, 1.807) is 0 Å². The Morgan fingerprint density at radius 3 is 2.29 bits per heavy atom. The second-order valence-electron chi connectivity index (χ2n) is 3.73. The molecule has 0 amide bonds. The van der Waals surface area contributed by atoms with Gasteiger partial charge in [-0.05, 0) is 26.7 Å². The number of sulfone groups is 1. The molecule has 0 heterocycles. The Labute approximate surface area is 84.8 Å². The van der Waals surface area contributed by atoms with Crippen LogP contribution in [0.4, 0.5) is 0 Å². The first-order valence-electron chi connectivity index (χ1n) is 4.31. The van der Waals surface area contributed by atoms with Gasteiger partial charge in [0.1, 0.15) is 21.0 Å². The minimum Gasteiger partial charge on any atom is -0.298 e. The van der Waals surface area contributed by atoms with Gasteiger partial charge >= 0.3 is 0 Å². The third kappa shape index (κ3) is 4.38. The van der Waals surface area contributed by atoms with Crippen LogP contribution >= 0.6 is 0 Å². The second-order valence-corrected chi connectivity index (χ2v) is 5.99. The molecule has 0 bridgehead atoms. The van der Waals surface area contributed by atoms with Crippen molar-refractivity contribution in [2.75, 3.05) is 12.0 Å². The minimum atomic E-state index is -3.00. The van der Waals surface area contributed by atoms with Crippen molar-refractivity contribution in [3.63, 3.8) is 0 Å². The highest BCUT2D eigenvalue weighted by Crippen LogP contribution is 2.23. The summed E-state index contributed by atoms with van der Waals surface area (Å²) in [6.45, 7) is 2.89. The van der Waals surface area contributed by atoms with Crippen molar-refractivity contribution in [2.45, 2.75) is 26.7 Å². The zero-order chi connectivity index (χ0) is 11.4. The van der Waals surface area contributed by atoms with Gasteiger partial charge in [0.2, 0.25) is 0 Å². The van der Waals surface area contributed by atoms with Crippen molar-refractivity contribution in [3.8, 4) is 6.07 Å². The lowest BCUT2D eigenvalue weighted by molar-refractivity contribution is -0.123. The van der Waals surface area contributed by atoms with Crippen LogP contribution in [0, 0.1) is 16.7 Å². The van der Waals surface area contributed by atoms with Gasteiger partial charge in [-0.15, -0.1) is 0 Å². The van der Waals surface area contributed by atoms with E-state index in [1.165, 1.54) is 13.8 Å². The highest BCUT2D eigenvalue weighted by atomic mass is 32.2. The highest BCUT2D eigenvalue weighted by molar-refractivity contribution is 7.90. The fraction of sp³-hybridized carbons (Fsp3) is 0.778. The number of hydrogen-bond donors (Lipinski definition) is 0. The number of nitrogens with zero attached hydrogens (tertiary/aromatic N) is 1. The van der Waals surface area contributed by atoms with Crippen LogP contribution in [0.1, 0.15) is 26.7 Å². The molecule has 0 radical (unpaired) electrons. The van der Waals surface area contributed by atoms with Crippen LogP contribution in [0.2, 0.25) is 0 Å². The Kier molecular flexibility index (Phi) is 4.27. The maximum Gasteiger partial charge on any atom is 0.149 e. The number of nitriles is 1. The first-order chi connectivity index (χ1) is 6.21. The molecule has 4 nitrogen and oxygen atoms in total. The van der Waals surface area contributed by atoms with Crippen LogP contribution in [0.5, 0.6) is 0 Å². The molecule has 0 saturated heterocycles. The first-order valence-corrected chi connectivity index (χ1v) is 6.37. The summed E-state index contributed by atoms with van der Waals surface area (Å²) in [5, 5.41) is 8.76. The molecule has 0 spiro atoms. The number of rotatable bonds is 5. The zero-order valence-electron chi connectivity index (χ0n) is 8.70. The largest absolute Gasteiger partial charge is 0.298 e. The molecule has 1 atom stereocenters. The van der Waals surface area contributed by atoms with Crippen LogP contribution in [0.3, 0.4) is 0 Å². The minimum absolute atomic E-state index is 0.0253. The summed E-state index contributed by atoms with van der Waals surface area (Å²) in [5.74, 6) is -0.189. The van der Waals surface area contributed by atoms with Gasteiger partial charge in [0, 0.05) is 12.0 Å². The van der Waals surface area contributed by atoms with Crippen molar-refractivity contribution < 1.29 is 13.2 Å². The molecule has 5 heteroatoms. The van der Waals surface area contributed by atoms with Crippen LogP contribution in [0.15, 0.2) is 0 Å². The molecular weight excluding hydrogens is 202 g/mol. The summed E-state index contributed by atoms with van der Waals surface area (Å²) in [4.78, 5) is 11.1. The molecule has 0 aromatic heterocycles. The van der Waals surface area contributed by atoms with Crippen LogP contribution in [-0.2, 0) is 14.6 Å². The van der Waals surface area contributed by atoms with Crippen molar-refractivity contribution in [3.05, 3.63) is 0 Å². The molecule has 80 valence electrons. The fourth-order valence-electron chi connectivity index (χ4n) is 0.999. The van der Waals surface area contributed by atoms with Crippen molar-refractivity contribution in [1.29, 1.82) is 5.26 Å². The molecule has 0 rings (SSSR count). The van der Waals surface area contributed by atoms with Crippen LogP contribution < -0.4 is 0 Å². The Bertz CT molecular complexity index is 353. The summed E-state index contributed by atoms with van der Waals surface area (Å²) in [6.07, 6.45) is 1.79. The molecule has 0 aromatic carbocycles. The van der Waals surface area contributed by atoms with Gasteiger partial charge in [0.05, 0.1) is 6.07 Å². The third-order valence-electron chi connectivity index (χ3n) is 2.22. The van der Waals surface area contributed by atoms with Gasteiger partial charge in [-0.25, -0.2) is 8.42 Å². The zero-order valence-corrected chi connectivity index (χ0v) is 9.52. The van der Waals surface area contributed by atoms with E-state index in [-0.39, 0.29) is 11.5 Å². The van der Waals surface area contributed by atoms with Gasteiger partial charge < -0.3 is 0 Å². The van der Waals surface area contributed by atoms with Crippen LogP contribution in [-0.4, -0.2) is 26.2 Å². The average molecular weight is 217 g/mol. The van der Waals surface area contributed by atoms with E-state index in [0.29, 0.717) is 12.8 Å². The first kappa shape index (κ1) is 13.1. The lowest BCUT2D eigenvalue weighted by Crippen LogP contribution is -2.24. The maximum atomic E-state index is 11.1. The molecule has 0 aliphatic carbocycles. The molecule has 0 aliphatic heterocycles. The Hall–Kier alpha value is -0.890. The third-order valence-corrected chi connectivity index (χ3v) is 3.25. The molecule has 0 N–H and O–H groups in total. The number of Topliss-reactive ketones (excluding diaryl/α,β-unsaturated/α-hetero) is 1. The van der Waals surface area contributed by atoms with Gasteiger partial charge in [-0.3, -0.25) is 4.79 Å². The van der Waals surface area contributed by atoms with Gasteiger partial charge in [0.25, 0.3) is 0 Å². The highest BCUT2D eigenvalue weighted by Gasteiger charge is 2.29. The predicted octanol–water partition coefficient (Wildman–Crippen LogP) is 0.930. The molecule has 0 aromatic rings. The normalized spacial score (nSPS) is 15.6. The quantitative estimate of drug-likeness (QED) is 0.686. The molecule has 1 unspecified atom stereocenters. The number of hydrogen-bond acceptors (Lipinski definition) is 4. The molecule has 0 fully saturated rings. The Balaban J connectivity index is 4.26. The Morgan fingerprint density at radius 1 is 1.50 bits per heavy atom. The Morgan fingerprint density at radius 2 is 2.00 bits per heavy atom. The maximum absolute atomic E-state index is 11.1. The summed E-state index contributed by atoms with van der Waals surface area (Å²) in [6, 6.07) is 1.92. The summed E-state index contributed by atoms with van der Waals surface area (Å²) in [7, 11) is -3.00. The summed E-state index contributed by atoms with van der Waals surface area (Å²) in [5.41, 5.74) is -1.04. The van der Waals surface area contributed by atoms with E-state index < -0.39 is 15.3 Å². The number of ketones is 1. The van der Waals surface area contributed by atoms with E-state index in [0.717, 1.165) is 6.26 Å². The topological polar surface area (TPSA) is 75.0 Å². The van der Waals surface area contributed by atoms with Gasteiger partial charge in [-0.2, -0.15) is 5.26 Å². The predicted molar refractivity (Wildman–Crippen MR) is 53.3 cm³/mol. The second kappa shape index (κ2) is 4.56. The molecular formula is C9H15NO3S. The number of carbonyl (C=O) groups excluding carboxylic acids is 1. The van der Waals surface area contributed by atoms with E-state index >= 15 is 0 Å². The van der Waals surface area contributed by atoms with Crippen molar-refractivity contribution in [1.82, 2.24) is 0 Å². The number of carbonyl (C=O) groups is 1. The molecule has 14 heavy (non-hydrogen) atoms. The van der Waals surface area contributed by atoms with E-state index in [1.807, 2.05) is 6.07 Å². The monoisotopic (exact) mass is 217 g/mol. The fourth-order valence-corrected chi connectivity index (χ4v) is 1.67. The lowest BCUT2D eigenvalue weighted by Gasteiger charge is -2.16. The van der Waals surface area contributed by atoms with Crippen LogP contribution in [0.25, 0.3) is 0 Å². The summed E-state index contributed by atoms with van der Waals surface area (Å²) >= 11 is 0. The van der Waals surface area contributed by atoms with E-state index in [9.17, 15) is 13.2 Å². The van der Waals surface area contributed by atoms with E-state index in [2.05, 4.69) is 0 Å². The molecule has 0 aliphatic rings. The standard InChI is InChI=1S/C9H15NO3S/c1-8(11)9(2,7-10)5-4-6-14(3,12)13/h4-6H2,1-3H3. The smallest absolute Gasteiger partial charge is 0.149 e. The van der Waals surface area contributed by atoms with Gasteiger partial charge in [-0.1, -0.05) is 0 Å². The average Bonchev–Trinajstić information content (AvgIpc) is 2.01. The SMILES string of the molecule is CC(=O)C(C)(C#N)CCCS(C)(=O)=O. The molecule has 0 saturated carbocycles. The summed E-state index contributed by atoms with van der Waals surface area (Å²) < 4.78 is 21.6. The van der Waals surface area contributed by atoms with Crippen molar-refractivity contribution >= 4 is 15.6 Å². The van der Waals surface area contributed by atoms with Gasteiger partial charge in [0.15, 0.2) is 0 Å². The van der Waals surface area contributed by atoms with Crippen molar-refractivity contribution in [2.24, 2.45) is 5.41 Å². The van der Waals surface area contributed by atoms with E-state index in [4.69, 9.17) is 5.26 Å².